The average Bonchev–Trinajstić information content (AvgIpc) is 2.44. The van der Waals surface area contributed by atoms with Crippen LogP contribution in [-0.2, 0) is 4.79 Å². The van der Waals surface area contributed by atoms with Gasteiger partial charge in [0, 0.05) is 18.7 Å². The van der Waals surface area contributed by atoms with Gasteiger partial charge in [-0.2, -0.15) is 0 Å². The predicted octanol–water partition coefficient (Wildman–Crippen LogP) is 1.74. The second-order valence-corrected chi connectivity index (χ2v) is 6.16. The summed E-state index contributed by atoms with van der Waals surface area (Å²) in [6.07, 6.45) is 4.34. The van der Waals surface area contributed by atoms with Gasteiger partial charge in [0.25, 0.3) is 0 Å². The lowest BCUT2D eigenvalue weighted by molar-refractivity contribution is -0.144. The van der Waals surface area contributed by atoms with E-state index in [2.05, 4.69) is 28.7 Å². The number of hydrogen-bond acceptors (Lipinski definition) is 5. The van der Waals surface area contributed by atoms with Crippen LogP contribution in [0.3, 0.4) is 0 Å². The Balaban J connectivity index is 2.10. The van der Waals surface area contributed by atoms with E-state index in [4.69, 9.17) is 5.73 Å². The maximum absolute atomic E-state index is 11.5. The molecule has 0 aromatic carbocycles. The number of carboxylic acids is 1. The van der Waals surface area contributed by atoms with Crippen molar-refractivity contribution in [3.05, 3.63) is 18.0 Å². The molecule has 0 saturated carbocycles. The Kier molecular flexibility index (Phi) is 5.12. The summed E-state index contributed by atoms with van der Waals surface area (Å²) in [6, 6.07) is 1.47. The van der Waals surface area contributed by atoms with Crippen LogP contribution in [0.2, 0.25) is 0 Å². The van der Waals surface area contributed by atoms with Crippen molar-refractivity contribution in [3.63, 3.8) is 0 Å². The van der Waals surface area contributed by atoms with E-state index in [1.54, 1.807) is 6.20 Å². The number of carbonyl (C=O) groups is 1. The third kappa shape index (κ3) is 4.14. The van der Waals surface area contributed by atoms with Gasteiger partial charge in [0.15, 0.2) is 0 Å². The van der Waals surface area contributed by atoms with Gasteiger partial charge in [0.05, 0.1) is 5.69 Å². The van der Waals surface area contributed by atoms with Crippen LogP contribution in [0.4, 0.5) is 5.95 Å². The number of nitrogens with zero attached hydrogens (tertiary/aromatic N) is 3. The van der Waals surface area contributed by atoms with E-state index in [1.165, 1.54) is 0 Å². The molecule has 1 aliphatic rings. The molecule has 1 saturated heterocycles. The van der Waals surface area contributed by atoms with Gasteiger partial charge in [0.1, 0.15) is 6.04 Å². The molecule has 0 amide bonds. The van der Waals surface area contributed by atoms with E-state index >= 15 is 0 Å². The molecule has 21 heavy (non-hydrogen) atoms. The van der Waals surface area contributed by atoms with Crippen LogP contribution in [0.15, 0.2) is 12.3 Å². The van der Waals surface area contributed by atoms with Gasteiger partial charge < -0.3 is 10.8 Å². The lowest BCUT2D eigenvalue weighted by Gasteiger charge is -2.36. The van der Waals surface area contributed by atoms with E-state index in [0.717, 1.165) is 31.6 Å². The molecule has 2 rings (SSSR count). The minimum absolute atomic E-state index is 0.234. The third-order valence-corrected chi connectivity index (χ3v) is 3.99. The number of aliphatic carboxylic acids is 1. The monoisotopic (exact) mass is 292 g/mol. The van der Waals surface area contributed by atoms with Crippen molar-refractivity contribution in [3.8, 4) is 0 Å². The summed E-state index contributed by atoms with van der Waals surface area (Å²) >= 11 is 0. The molecule has 3 N–H and O–H groups in total. The Labute approximate surface area is 125 Å². The minimum Gasteiger partial charge on any atom is -0.480 e. The van der Waals surface area contributed by atoms with Crippen LogP contribution in [0.1, 0.15) is 44.7 Å². The fourth-order valence-electron chi connectivity index (χ4n) is 3.00. The predicted molar refractivity (Wildman–Crippen MR) is 80.9 cm³/mol. The topological polar surface area (TPSA) is 92.3 Å². The van der Waals surface area contributed by atoms with Crippen molar-refractivity contribution in [1.82, 2.24) is 14.9 Å². The van der Waals surface area contributed by atoms with Gasteiger partial charge in [-0.3, -0.25) is 9.69 Å². The van der Waals surface area contributed by atoms with Crippen LogP contribution < -0.4 is 5.73 Å². The Morgan fingerprint density at radius 3 is 2.95 bits per heavy atom. The molecule has 2 heterocycles. The number of hydrogen-bond donors (Lipinski definition) is 2. The summed E-state index contributed by atoms with van der Waals surface area (Å²) in [5, 5.41) is 9.49. The van der Waals surface area contributed by atoms with E-state index in [0.29, 0.717) is 12.3 Å². The van der Waals surface area contributed by atoms with Crippen molar-refractivity contribution in [2.75, 3.05) is 18.8 Å². The van der Waals surface area contributed by atoms with Crippen molar-refractivity contribution < 1.29 is 9.90 Å². The fraction of sp³-hybridized carbons (Fsp3) is 0.667. The first-order valence-corrected chi connectivity index (χ1v) is 7.52. The highest BCUT2D eigenvalue weighted by atomic mass is 16.4. The zero-order valence-corrected chi connectivity index (χ0v) is 12.7. The average molecular weight is 292 g/mol. The van der Waals surface area contributed by atoms with Crippen molar-refractivity contribution in [2.45, 2.75) is 45.1 Å². The molecule has 1 aromatic rings. The molecule has 1 aromatic heterocycles. The fourth-order valence-corrected chi connectivity index (χ4v) is 3.00. The largest absolute Gasteiger partial charge is 0.480 e. The van der Waals surface area contributed by atoms with Gasteiger partial charge in [-0.05, 0) is 37.8 Å². The number of nitrogens with two attached hydrogens (primary N) is 1. The SMILES string of the molecule is CC(C)CC(C(=O)O)N1CCCC(c2ccnc(N)n2)C1. The molecule has 1 aliphatic heterocycles. The zero-order chi connectivity index (χ0) is 15.4. The highest BCUT2D eigenvalue weighted by Crippen LogP contribution is 2.28. The van der Waals surface area contributed by atoms with E-state index in [-0.39, 0.29) is 11.9 Å². The van der Waals surface area contributed by atoms with E-state index in [1.807, 2.05) is 6.07 Å². The van der Waals surface area contributed by atoms with Crippen LogP contribution in [-0.4, -0.2) is 45.1 Å². The van der Waals surface area contributed by atoms with Gasteiger partial charge in [-0.15, -0.1) is 0 Å². The molecular weight excluding hydrogens is 268 g/mol. The van der Waals surface area contributed by atoms with Crippen LogP contribution >= 0.6 is 0 Å². The van der Waals surface area contributed by atoms with Crippen LogP contribution in [0.25, 0.3) is 0 Å². The standard InChI is InChI=1S/C15H24N4O2/c1-10(2)8-13(14(20)21)19-7-3-4-11(9-19)12-5-6-17-15(16)18-12/h5-6,10-11,13H,3-4,7-9H2,1-2H3,(H,20,21)(H2,16,17,18). The molecular formula is C15H24N4O2. The van der Waals surface area contributed by atoms with E-state index in [9.17, 15) is 9.90 Å². The first-order chi connectivity index (χ1) is 9.97. The molecule has 2 atom stereocenters. The first kappa shape index (κ1) is 15.7. The number of piperidine rings is 1. The van der Waals surface area contributed by atoms with Gasteiger partial charge in [-0.1, -0.05) is 13.8 Å². The quantitative estimate of drug-likeness (QED) is 0.858. The molecule has 6 heteroatoms. The summed E-state index contributed by atoms with van der Waals surface area (Å²) < 4.78 is 0. The first-order valence-electron chi connectivity index (χ1n) is 7.52. The van der Waals surface area contributed by atoms with Crippen LogP contribution in [0, 0.1) is 5.92 Å². The maximum Gasteiger partial charge on any atom is 0.320 e. The highest BCUT2D eigenvalue weighted by molar-refractivity contribution is 5.73. The number of likely N-dealkylation sites (tertiary alicyclic amines) is 1. The lowest BCUT2D eigenvalue weighted by atomic mass is 9.92. The van der Waals surface area contributed by atoms with Gasteiger partial charge in [0.2, 0.25) is 5.95 Å². The molecule has 0 bridgehead atoms. The highest BCUT2D eigenvalue weighted by Gasteiger charge is 2.31. The maximum atomic E-state index is 11.5. The number of carboxylic acid groups (broad SMARTS) is 1. The molecule has 0 aliphatic carbocycles. The molecule has 6 nitrogen and oxygen atoms in total. The Morgan fingerprint density at radius 2 is 2.33 bits per heavy atom. The van der Waals surface area contributed by atoms with Crippen molar-refractivity contribution >= 4 is 11.9 Å². The van der Waals surface area contributed by atoms with Crippen LogP contribution in [0.5, 0.6) is 0 Å². The summed E-state index contributed by atoms with van der Waals surface area (Å²) in [4.78, 5) is 21.8. The second kappa shape index (κ2) is 6.85. The zero-order valence-electron chi connectivity index (χ0n) is 12.7. The number of rotatable bonds is 5. The Hall–Kier alpha value is -1.69. The van der Waals surface area contributed by atoms with Gasteiger partial charge >= 0.3 is 5.97 Å². The Bertz CT molecular complexity index is 492. The summed E-state index contributed by atoms with van der Waals surface area (Å²) in [5.74, 6) is 0.146. The summed E-state index contributed by atoms with van der Waals surface area (Å²) in [5.41, 5.74) is 6.56. The van der Waals surface area contributed by atoms with E-state index < -0.39 is 12.0 Å². The normalized spacial score (nSPS) is 21.4. The molecule has 2 unspecified atom stereocenters. The molecule has 1 fully saturated rings. The number of aromatic nitrogens is 2. The van der Waals surface area contributed by atoms with Crippen molar-refractivity contribution in [1.29, 1.82) is 0 Å². The minimum atomic E-state index is -0.730. The number of anilines is 1. The lowest BCUT2D eigenvalue weighted by Crippen LogP contribution is -2.46. The molecule has 116 valence electrons. The third-order valence-electron chi connectivity index (χ3n) is 3.99. The second-order valence-electron chi connectivity index (χ2n) is 6.16. The molecule has 0 spiro atoms. The molecule has 0 radical (unpaired) electrons. The Morgan fingerprint density at radius 1 is 1.57 bits per heavy atom. The summed E-state index contributed by atoms with van der Waals surface area (Å²) in [6.45, 7) is 5.67. The van der Waals surface area contributed by atoms with Gasteiger partial charge in [-0.25, -0.2) is 9.97 Å². The summed E-state index contributed by atoms with van der Waals surface area (Å²) in [7, 11) is 0. The number of nitrogen functional groups attached to an aromatic ring is 1. The van der Waals surface area contributed by atoms with Crippen molar-refractivity contribution in [2.24, 2.45) is 5.92 Å². The smallest absolute Gasteiger partial charge is 0.320 e.